The van der Waals surface area contributed by atoms with Crippen LogP contribution in [0.25, 0.3) is 0 Å². The Morgan fingerprint density at radius 3 is 3.00 bits per heavy atom. The monoisotopic (exact) mass is 157 g/mol. The van der Waals surface area contributed by atoms with Gasteiger partial charge in [-0.1, -0.05) is 6.92 Å². The van der Waals surface area contributed by atoms with E-state index in [0.717, 1.165) is 12.5 Å². The predicted molar refractivity (Wildman–Crippen MR) is 46.6 cm³/mol. The topological polar surface area (TPSA) is 23.5 Å². The molecule has 1 N–H and O–H groups in total. The van der Waals surface area contributed by atoms with Crippen molar-refractivity contribution in [3.63, 3.8) is 0 Å². The van der Waals surface area contributed by atoms with Gasteiger partial charge in [-0.05, 0) is 38.8 Å². The third-order valence-electron chi connectivity index (χ3n) is 2.60. The summed E-state index contributed by atoms with van der Waals surface area (Å²) in [6.45, 7) is 5.02. The molecule has 1 atom stereocenters. The lowest BCUT2D eigenvalue weighted by Gasteiger charge is -2.21. The van der Waals surface area contributed by atoms with Gasteiger partial charge in [0, 0.05) is 12.6 Å². The zero-order valence-corrected chi connectivity index (χ0v) is 7.42. The average Bonchev–Trinajstić information content (AvgIpc) is 2.47. The van der Waals surface area contributed by atoms with E-state index in [1.807, 2.05) is 0 Å². The van der Waals surface area contributed by atoms with Gasteiger partial charge in [-0.2, -0.15) is 0 Å². The molecule has 0 aliphatic carbocycles. The van der Waals surface area contributed by atoms with E-state index in [-0.39, 0.29) is 0 Å². The van der Waals surface area contributed by atoms with Crippen molar-refractivity contribution < 1.29 is 5.11 Å². The highest BCUT2D eigenvalue weighted by Gasteiger charge is 2.21. The molecule has 0 saturated carbocycles. The van der Waals surface area contributed by atoms with Gasteiger partial charge in [-0.3, -0.25) is 0 Å². The molecule has 0 amide bonds. The van der Waals surface area contributed by atoms with Crippen LogP contribution in [0.4, 0.5) is 0 Å². The zero-order valence-electron chi connectivity index (χ0n) is 7.42. The van der Waals surface area contributed by atoms with Crippen molar-refractivity contribution in [2.24, 2.45) is 0 Å². The molecule has 1 heterocycles. The van der Waals surface area contributed by atoms with E-state index < -0.39 is 0 Å². The standard InChI is InChI=1S/C9H19NO/c1-2-10-7-3-5-9(10)6-4-8-11/h9,11H,2-8H2,1H3/t9-/m0/s1. The molecule has 11 heavy (non-hydrogen) atoms. The van der Waals surface area contributed by atoms with E-state index >= 15 is 0 Å². The van der Waals surface area contributed by atoms with Crippen molar-refractivity contribution in [2.75, 3.05) is 19.7 Å². The molecule has 1 aliphatic heterocycles. The largest absolute Gasteiger partial charge is 0.396 e. The van der Waals surface area contributed by atoms with E-state index in [1.54, 1.807) is 0 Å². The molecule has 2 heteroatoms. The van der Waals surface area contributed by atoms with Gasteiger partial charge in [0.15, 0.2) is 0 Å². The maximum atomic E-state index is 8.67. The fourth-order valence-electron chi connectivity index (χ4n) is 1.97. The Kier molecular flexibility index (Phi) is 3.87. The van der Waals surface area contributed by atoms with Gasteiger partial charge < -0.3 is 10.0 Å². The molecule has 0 aromatic rings. The molecule has 0 aromatic carbocycles. The van der Waals surface area contributed by atoms with Crippen LogP contribution in [0.1, 0.15) is 32.6 Å². The summed E-state index contributed by atoms with van der Waals surface area (Å²) in [5.74, 6) is 0. The second-order valence-electron chi connectivity index (χ2n) is 3.29. The van der Waals surface area contributed by atoms with E-state index in [1.165, 1.54) is 32.4 Å². The second kappa shape index (κ2) is 4.73. The molecule has 0 bridgehead atoms. The lowest BCUT2D eigenvalue weighted by atomic mass is 10.1. The summed E-state index contributed by atoms with van der Waals surface area (Å²) in [7, 11) is 0. The molecule has 1 fully saturated rings. The predicted octanol–water partition coefficient (Wildman–Crippen LogP) is 1.24. The van der Waals surface area contributed by atoms with E-state index in [0.29, 0.717) is 6.61 Å². The molecular weight excluding hydrogens is 138 g/mol. The first kappa shape index (κ1) is 9.01. The first-order valence-corrected chi connectivity index (χ1v) is 4.73. The third-order valence-corrected chi connectivity index (χ3v) is 2.60. The first-order valence-electron chi connectivity index (χ1n) is 4.73. The second-order valence-corrected chi connectivity index (χ2v) is 3.29. The van der Waals surface area contributed by atoms with Gasteiger partial charge in [0.2, 0.25) is 0 Å². The van der Waals surface area contributed by atoms with Crippen LogP contribution < -0.4 is 0 Å². The number of aliphatic hydroxyl groups is 1. The number of hydrogen-bond acceptors (Lipinski definition) is 2. The highest BCUT2D eigenvalue weighted by molar-refractivity contribution is 4.77. The highest BCUT2D eigenvalue weighted by Crippen LogP contribution is 2.20. The van der Waals surface area contributed by atoms with Gasteiger partial charge >= 0.3 is 0 Å². The van der Waals surface area contributed by atoms with Crippen LogP contribution in [0.2, 0.25) is 0 Å². The van der Waals surface area contributed by atoms with Crippen molar-refractivity contribution in [2.45, 2.75) is 38.6 Å². The number of hydrogen-bond donors (Lipinski definition) is 1. The minimum Gasteiger partial charge on any atom is -0.396 e. The first-order chi connectivity index (χ1) is 5.38. The summed E-state index contributed by atoms with van der Waals surface area (Å²) < 4.78 is 0. The summed E-state index contributed by atoms with van der Waals surface area (Å²) >= 11 is 0. The van der Waals surface area contributed by atoms with Crippen LogP contribution in [-0.4, -0.2) is 35.7 Å². The van der Waals surface area contributed by atoms with Crippen LogP contribution in [0, 0.1) is 0 Å². The summed E-state index contributed by atoms with van der Waals surface area (Å²) in [5.41, 5.74) is 0. The number of nitrogens with zero attached hydrogens (tertiary/aromatic N) is 1. The van der Waals surface area contributed by atoms with E-state index in [4.69, 9.17) is 5.11 Å². The quantitative estimate of drug-likeness (QED) is 0.663. The molecule has 0 unspecified atom stereocenters. The number of aliphatic hydroxyl groups excluding tert-OH is 1. The molecule has 66 valence electrons. The Labute approximate surface area is 69.2 Å². The fraction of sp³-hybridized carbons (Fsp3) is 1.00. The lowest BCUT2D eigenvalue weighted by Crippen LogP contribution is -2.29. The van der Waals surface area contributed by atoms with Gasteiger partial charge in [0.1, 0.15) is 0 Å². The molecule has 1 aliphatic rings. The van der Waals surface area contributed by atoms with Crippen molar-refractivity contribution >= 4 is 0 Å². The van der Waals surface area contributed by atoms with Crippen molar-refractivity contribution in [3.05, 3.63) is 0 Å². The summed E-state index contributed by atoms with van der Waals surface area (Å²) in [5, 5.41) is 8.67. The highest BCUT2D eigenvalue weighted by atomic mass is 16.2. The fourth-order valence-corrected chi connectivity index (χ4v) is 1.97. The van der Waals surface area contributed by atoms with Crippen LogP contribution in [0.5, 0.6) is 0 Å². The lowest BCUT2D eigenvalue weighted by molar-refractivity contribution is 0.223. The Balaban J connectivity index is 2.20. The van der Waals surface area contributed by atoms with Gasteiger partial charge in [-0.15, -0.1) is 0 Å². The molecular formula is C9H19NO. The average molecular weight is 157 g/mol. The van der Waals surface area contributed by atoms with Gasteiger partial charge in [-0.25, -0.2) is 0 Å². The molecule has 0 aromatic heterocycles. The molecule has 1 saturated heterocycles. The zero-order chi connectivity index (χ0) is 8.10. The molecule has 1 rings (SSSR count). The van der Waals surface area contributed by atoms with E-state index in [9.17, 15) is 0 Å². The van der Waals surface area contributed by atoms with Crippen LogP contribution >= 0.6 is 0 Å². The van der Waals surface area contributed by atoms with Crippen LogP contribution in [0.15, 0.2) is 0 Å². The van der Waals surface area contributed by atoms with Crippen molar-refractivity contribution in [1.29, 1.82) is 0 Å². The van der Waals surface area contributed by atoms with Crippen molar-refractivity contribution in [1.82, 2.24) is 4.90 Å². The molecule has 0 spiro atoms. The molecule has 0 radical (unpaired) electrons. The Morgan fingerprint density at radius 1 is 1.55 bits per heavy atom. The summed E-state index contributed by atoms with van der Waals surface area (Å²) in [4.78, 5) is 2.52. The SMILES string of the molecule is CCN1CCC[C@H]1CCCO. The Bertz CT molecular complexity index is 106. The smallest absolute Gasteiger partial charge is 0.0431 e. The minimum absolute atomic E-state index is 0.355. The normalized spacial score (nSPS) is 26.2. The van der Waals surface area contributed by atoms with Gasteiger partial charge in [0.05, 0.1) is 0 Å². The minimum atomic E-state index is 0.355. The van der Waals surface area contributed by atoms with E-state index in [2.05, 4.69) is 11.8 Å². The van der Waals surface area contributed by atoms with Gasteiger partial charge in [0.25, 0.3) is 0 Å². The van der Waals surface area contributed by atoms with Crippen molar-refractivity contribution in [3.8, 4) is 0 Å². The maximum absolute atomic E-state index is 8.67. The maximum Gasteiger partial charge on any atom is 0.0431 e. The Morgan fingerprint density at radius 2 is 2.36 bits per heavy atom. The summed E-state index contributed by atoms with van der Waals surface area (Å²) in [6.07, 6.45) is 4.85. The number of likely N-dealkylation sites (tertiary alicyclic amines) is 1. The third kappa shape index (κ3) is 2.46. The summed E-state index contributed by atoms with van der Waals surface area (Å²) in [6, 6.07) is 0.771. The number of rotatable bonds is 4. The molecule has 2 nitrogen and oxygen atoms in total. The van der Waals surface area contributed by atoms with Crippen LogP contribution in [0.3, 0.4) is 0 Å². The van der Waals surface area contributed by atoms with Crippen LogP contribution in [-0.2, 0) is 0 Å². The Hall–Kier alpha value is -0.0800.